The molecule has 7 heteroatoms. The van der Waals surface area contributed by atoms with Crippen LogP contribution in [0.3, 0.4) is 0 Å². The number of benzene rings is 3. The number of methoxy groups -OCH3 is 3. The number of carbonyl (C=O) groups is 1. The number of pyridine rings is 1. The molecule has 2 heterocycles. The van der Waals surface area contributed by atoms with E-state index in [1.54, 1.807) is 16.7 Å². The number of para-hydroxylation sites is 2. The Kier molecular flexibility index (Phi) is 5.45. The molecule has 172 valence electrons. The molecular weight excluding hydrogens is 434 g/mol. The average molecular weight is 457 g/mol. The molecule has 0 saturated carbocycles. The van der Waals surface area contributed by atoms with E-state index in [4.69, 9.17) is 18.9 Å². The van der Waals surface area contributed by atoms with Crippen molar-refractivity contribution in [3.8, 4) is 28.7 Å². The first-order valence-electron chi connectivity index (χ1n) is 10.8. The van der Waals surface area contributed by atoms with Gasteiger partial charge in [0.15, 0.2) is 11.5 Å². The number of fused-ring (bicyclic) bond motifs is 3. The number of rotatable bonds is 5. The van der Waals surface area contributed by atoms with Crippen LogP contribution in [0.25, 0.3) is 16.6 Å². The van der Waals surface area contributed by atoms with E-state index in [1.165, 1.54) is 21.3 Å². The van der Waals surface area contributed by atoms with Gasteiger partial charge in [-0.05, 0) is 42.0 Å². The standard InChI is InChI=1S/C27H23NO6/c1-31-21-13-16(14-22(32-2)26(21)33-3)19-15-23(29)34-25-18-11-7-8-12-20(18)28(27(30)24(19)25)17-9-5-4-6-10-17/h4-14,19H,15H2,1-3H3/t19-/m1/s1. The molecule has 5 rings (SSSR count). The molecule has 1 atom stereocenters. The van der Waals surface area contributed by atoms with Gasteiger partial charge in [-0.25, -0.2) is 0 Å². The smallest absolute Gasteiger partial charge is 0.312 e. The fourth-order valence-corrected chi connectivity index (χ4v) is 4.59. The molecule has 34 heavy (non-hydrogen) atoms. The second-order valence-electron chi connectivity index (χ2n) is 7.93. The Morgan fingerprint density at radius 2 is 1.50 bits per heavy atom. The van der Waals surface area contributed by atoms with Crippen LogP contribution >= 0.6 is 0 Å². The molecule has 0 spiro atoms. The Morgan fingerprint density at radius 1 is 0.853 bits per heavy atom. The van der Waals surface area contributed by atoms with Crippen molar-refractivity contribution in [2.24, 2.45) is 0 Å². The molecule has 1 aliphatic heterocycles. The summed E-state index contributed by atoms with van der Waals surface area (Å²) in [6, 6.07) is 20.4. The zero-order valence-electron chi connectivity index (χ0n) is 19.0. The van der Waals surface area contributed by atoms with Gasteiger partial charge in [-0.15, -0.1) is 0 Å². The molecule has 0 radical (unpaired) electrons. The third-order valence-electron chi connectivity index (χ3n) is 6.11. The number of carbonyl (C=O) groups excluding carboxylic acids is 1. The number of ether oxygens (including phenoxy) is 4. The fraction of sp³-hybridized carbons (Fsp3) is 0.185. The Bertz CT molecular complexity index is 1430. The minimum Gasteiger partial charge on any atom is -0.493 e. The second kappa shape index (κ2) is 8.59. The number of hydrogen-bond acceptors (Lipinski definition) is 6. The van der Waals surface area contributed by atoms with Gasteiger partial charge in [-0.2, -0.15) is 0 Å². The third kappa shape index (κ3) is 3.37. The Hall–Kier alpha value is -4.26. The predicted octanol–water partition coefficient (Wildman–Crippen LogP) is 4.46. The van der Waals surface area contributed by atoms with E-state index >= 15 is 0 Å². The van der Waals surface area contributed by atoms with Crippen molar-refractivity contribution >= 4 is 16.9 Å². The summed E-state index contributed by atoms with van der Waals surface area (Å²) in [4.78, 5) is 26.8. The van der Waals surface area contributed by atoms with E-state index < -0.39 is 11.9 Å². The molecule has 0 saturated heterocycles. The Balaban J connectivity index is 1.84. The normalized spacial score (nSPS) is 14.9. The van der Waals surface area contributed by atoms with Gasteiger partial charge in [0.25, 0.3) is 5.56 Å². The molecule has 4 aromatic rings. The van der Waals surface area contributed by atoms with Crippen LogP contribution in [0.4, 0.5) is 0 Å². The van der Waals surface area contributed by atoms with Crippen LogP contribution < -0.4 is 24.5 Å². The summed E-state index contributed by atoms with van der Waals surface area (Å²) in [5, 5.41) is 0.687. The van der Waals surface area contributed by atoms with Crippen molar-refractivity contribution in [2.75, 3.05) is 21.3 Å². The summed E-state index contributed by atoms with van der Waals surface area (Å²) in [6.07, 6.45) is 0.00794. The average Bonchev–Trinajstić information content (AvgIpc) is 2.88. The van der Waals surface area contributed by atoms with E-state index in [-0.39, 0.29) is 12.0 Å². The zero-order chi connectivity index (χ0) is 23.8. The molecule has 7 nitrogen and oxygen atoms in total. The van der Waals surface area contributed by atoms with Gasteiger partial charge in [0.2, 0.25) is 5.75 Å². The maximum atomic E-state index is 14.0. The summed E-state index contributed by atoms with van der Waals surface area (Å²) < 4.78 is 23.8. The Labute approximate surface area is 196 Å². The topological polar surface area (TPSA) is 76.0 Å². The fourth-order valence-electron chi connectivity index (χ4n) is 4.59. The van der Waals surface area contributed by atoms with Crippen LogP contribution in [0.15, 0.2) is 71.5 Å². The minimum atomic E-state index is -0.558. The first kappa shape index (κ1) is 21.6. The number of aromatic nitrogens is 1. The summed E-state index contributed by atoms with van der Waals surface area (Å²) >= 11 is 0. The van der Waals surface area contributed by atoms with Crippen LogP contribution in [0.2, 0.25) is 0 Å². The lowest BCUT2D eigenvalue weighted by molar-refractivity contribution is -0.135. The molecule has 0 aliphatic carbocycles. The zero-order valence-corrected chi connectivity index (χ0v) is 19.0. The number of esters is 1. The Morgan fingerprint density at radius 3 is 2.15 bits per heavy atom. The summed E-state index contributed by atoms with van der Waals surface area (Å²) in [5.74, 6) is 0.656. The van der Waals surface area contributed by atoms with Crippen LogP contribution in [-0.2, 0) is 4.79 Å². The molecule has 0 unspecified atom stereocenters. The predicted molar refractivity (Wildman–Crippen MR) is 128 cm³/mol. The SMILES string of the molecule is COc1cc([C@H]2CC(=O)Oc3c2c(=O)n(-c2ccccc2)c2ccccc32)cc(OC)c1OC. The largest absolute Gasteiger partial charge is 0.493 e. The lowest BCUT2D eigenvalue weighted by atomic mass is 9.85. The highest BCUT2D eigenvalue weighted by Crippen LogP contribution is 2.46. The van der Waals surface area contributed by atoms with E-state index in [2.05, 4.69) is 0 Å². The van der Waals surface area contributed by atoms with Crippen LogP contribution in [0.5, 0.6) is 23.0 Å². The molecule has 0 N–H and O–H groups in total. The van der Waals surface area contributed by atoms with Gasteiger partial charge in [0, 0.05) is 17.0 Å². The number of nitrogens with zero attached hydrogens (tertiary/aromatic N) is 1. The lowest BCUT2D eigenvalue weighted by Crippen LogP contribution is -2.32. The monoisotopic (exact) mass is 457 g/mol. The third-order valence-corrected chi connectivity index (χ3v) is 6.11. The molecule has 1 aliphatic rings. The summed E-state index contributed by atoms with van der Waals surface area (Å²) in [6.45, 7) is 0. The lowest BCUT2D eigenvalue weighted by Gasteiger charge is -2.27. The first-order chi connectivity index (χ1) is 16.6. The molecule has 3 aromatic carbocycles. The van der Waals surface area contributed by atoms with Gasteiger partial charge in [-0.3, -0.25) is 14.2 Å². The van der Waals surface area contributed by atoms with Gasteiger partial charge in [-0.1, -0.05) is 30.3 Å². The molecule has 1 aromatic heterocycles. The molecule has 0 amide bonds. The van der Waals surface area contributed by atoms with Gasteiger partial charge < -0.3 is 18.9 Å². The van der Waals surface area contributed by atoms with Crippen LogP contribution in [-0.4, -0.2) is 31.9 Å². The maximum absolute atomic E-state index is 14.0. The van der Waals surface area contributed by atoms with Gasteiger partial charge in [0.1, 0.15) is 5.75 Å². The van der Waals surface area contributed by atoms with E-state index in [0.29, 0.717) is 45.0 Å². The van der Waals surface area contributed by atoms with Crippen molar-refractivity contribution in [2.45, 2.75) is 12.3 Å². The van der Waals surface area contributed by atoms with E-state index in [9.17, 15) is 9.59 Å². The highest BCUT2D eigenvalue weighted by Gasteiger charge is 2.35. The van der Waals surface area contributed by atoms with E-state index in [0.717, 1.165) is 5.69 Å². The minimum absolute atomic E-state index is 0.00794. The van der Waals surface area contributed by atoms with Crippen molar-refractivity contribution in [1.29, 1.82) is 0 Å². The van der Waals surface area contributed by atoms with Crippen molar-refractivity contribution < 1.29 is 23.7 Å². The first-order valence-corrected chi connectivity index (χ1v) is 10.8. The van der Waals surface area contributed by atoms with Crippen molar-refractivity contribution in [3.05, 3.63) is 88.2 Å². The van der Waals surface area contributed by atoms with Crippen molar-refractivity contribution in [1.82, 2.24) is 4.57 Å². The number of hydrogen-bond donors (Lipinski definition) is 0. The quantitative estimate of drug-likeness (QED) is 0.412. The summed E-state index contributed by atoms with van der Waals surface area (Å²) in [5.41, 5.74) is 2.25. The van der Waals surface area contributed by atoms with Crippen LogP contribution in [0, 0.1) is 0 Å². The summed E-state index contributed by atoms with van der Waals surface area (Å²) in [7, 11) is 4.58. The van der Waals surface area contributed by atoms with Crippen molar-refractivity contribution in [3.63, 3.8) is 0 Å². The highest BCUT2D eigenvalue weighted by molar-refractivity contribution is 5.92. The molecule has 0 bridgehead atoms. The maximum Gasteiger partial charge on any atom is 0.312 e. The highest BCUT2D eigenvalue weighted by atomic mass is 16.5. The second-order valence-corrected chi connectivity index (χ2v) is 7.93. The van der Waals surface area contributed by atoms with Gasteiger partial charge >= 0.3 is 5.97 Å². The molecular formula is C27H23NO6. The van der Waals surface area contributed by atoms with Crippen LogP contribution in [0.1, 0.15) is 23.5 Å². The van der Waals surface area contributed by atoms with Gasteiger partial charge in [0.05, 0.1) is 38.8 Å². The molecule has 0 fully saturated rings. The van der Waals surface area contributed by atoms with E-state index in [1.807, 2.05) is 54.6 Å².